The van der Waals surface area contributed by atoms with Gasteiger partial charge >= 0.3 is 14.0 Å². The van der Waals surface area contributed by atoms with E-state index in [1.54, 1.807) is 6.92 Å². The molecule has 3 atom stereocenters. The monoisotopic (exact) mass is 556 g/mol. The molecule has 36 heavy (non-hydrogen) atoms. The van der Waals surface area contributed by atoms with Crippen LogP contribution in [0.2, 0.25) is 0 Å². The van der Waals surface area contributed by atoms with Crippen molar-refractivity contribution in [1.82, 2.24) is 0 Å². The van der Waals surface area contributed by atoms with Gasteiger partial charge in [0, 0.05) is 0 Å². The van der Waals surface area contributed by atoms with Crippen LogP contribution >= 0.6 is 7.82 Å². The molecule has 0 spiro atoms. The van der Waals surface area contributed by atoms with Gasteiger partial charge in [-0.15, -0.1) is 0 Å². The lowest BCUT2D eigenvalue weighted by Gasteiger charge is -2.27. The molecule has 3 unspecified atom stereocenters. The van der Waals surface area contributed by atoms with E-state index in [4.69, 9.17) is 14.2 Å². The van der Waals surface area contributed by atoms with Crippen molar-refractivity contribution in [3.63, 3.8) is 0 Å². The van der Waals surface area contributed by atoms with E-state index in [2.05, 4.69) is 18.4 Å². The van der Waals surface area contributed by atoms with Gasteiger partial charge in [0.25, 0.3) is 0 Å². The molecule has 0 aliphatic heterocycles. The summed E-state index contributed by atoms with van der Waals surface area (Å²) in [4.78, 5) is 11.1. The first-order valence-corrected chi connectivity index (χ1v) is 17.4. The Morgan fingerprint density at radius 3 is 1.72 bits per heavy atom. The van der Waals surface area contributed by atoms with E-state index in [1.807, 2.05) is 0 Å². The predicted octanol–water partition coefficient (Wildman–Crippen LogP) is 8.69. The fourth-order valence-electron chi connectivity index (χ4n) is 4.25. The minimum absolute atomic E-state index is 0.0232. The van der Waals surface area contributed by atoms with Gasteiger partial charge in [0.1, 0.15) is 0 Å². The molecular weight excluding hydrogens is 503 g/mol. The Balaban J connectivity index is 5.06. The van der Waals surface area contributed by atoms with E-state index < -0.39 is 35.2 Å². The SMILES string of the molecule is CCCCCCCCCCCS(=O)(=O)C(CCCCCCCC)C(C)OP(=O)(OCCC)OC(=O)O. The first-order valence-electron chi connectivity index (χ1n) is 14.2. The van der Waals surface area contributed by atoms with Crippen LogP contribution in [0.25, 0.3) is 0 Å². The van der Waals surface area contributed by atoms with Crippen molar-refractivity contribution in [1.29, 1.82) is 0 Å². The average Bonchev–Trinajstić information content (AvgIpc) is 2.80. The quantitative estimate of drug-likeness (QED) is 0.0876. The third-order valence-electron chi connectivity index (χ3n) is 6.30. The lowest BCUT2D eigenvalue weighted by atomic mass is 10.1. The van der Waals surface area contributed by atoms with Crippen LogP contribution in [-0.2, 0) is 28.0 Å². The van der Waals surface area contributed by atoms with Gasteiger partial charge in [0.2, 0.25) is 0 Å². The summed E-state index contributed by atoms with van der Waals surface area (Å²) in [5, 5.41) is 8.08. The smallest absolute Gasteiger partial charge is 0.449 e. The minimum Gasteiger partial charge on any atom is -0.449 e. The Morgan fingerprint density at radius 1 is 0.778 bits per heavy atom. The van der Waals surface area contributed by atoms with Gasteiger partial charge in [-0.05, 0) is 26.2 Å². The topological polar surface area (TPSA) is 116 Å². The Kier molecular flexibility index (Phi) is 20.9. The predicted molar refractivity (Wildman–Crippen MR) is 146 cm³/mol. The molecular formula is C26H53O8PS. The van der Waals surface area contributed by atoms with E-state index >= 15 is 0 Å². The van der Waals surface area contributed by atoms with Gasteiger partial charge in [-0.1, -0.05) is 111 Å². The van der Waals surface area contributed by atoms with Crippen molar-refractivity contribution < 1.29 is 36.5 Å². The molecule has 0 saturated heterocycles. The molecule has 0 fully saturated rings. The molecule has 0 bridgehead atoms. The van der Waals surface area contributed by atoms with Crippen molar-refractivity contribution in [2.75, 3.05) is 12.4 Å². The first-order chi connectivity index (χ1) is 17.1. The van der Waals surface area contributed by atoms with Gasteiger partial charge in [-0.2, -0.15) is 0 Å². The lowest BCUT2D eigenvalue weighted by molar-refractivity contribution is 0.0757. The standard InChI is InChI=1S/C26H53O8PS/c1-5-8-10-12-14-15-16-18-20-23-36(30,31)25(21-19-17-13-11-9-6-2)24(4)33-35(29,32-22-7-3)34-26(27)28/h24-25H,5-23H2,1-4H3,(H,27,28). The molecule has 0 aromatic heterocycles. The number of sulfone groups is 1. The highest BCUT2D eigenvalue weighted by Crippen LogP contribution is 2.51. The first kappa shape index (κ1) is 35.4. The Labute approximate surface area is 220 Å². The van der Waals surface area contributed by atoms with Crippen LogP contribution in [0.15, 0.2) is 0 Å². The molecule has 0 aliphatic carbocycles. The summed E-state index contributed by atoms with van der Waals surface area (Å²) >= 11 is 0. The van der Waals surface area contributed by atoms with Gasteiger partial charge in [-0.3, -0.25) is 9.05 Å². The number of phosphoric ester groups is 1. The van der Waals surface area contributed by atoms with E-state index in [9.17, 15) is 17.8 Å². The maximum atomic E-state index is 13.3. The Bertz CT molecular complexity index is 698. The van der Waals surface area contributed by atoms with E-state index in [-0.39, 0.29) is 12.4 Å². The molecule has 10 heteroatoms. The van der Waals surface area contributed by atoms with Gasteiger partial charge < -0.3 is 9.63 Å². The fourth-order valence-corrected chi connectivity index (χ4v) is 7.71. The number of phosphoric acid groups is 1. The van der Waals surface area contributed by atoms with E-state index in [0.29, 0.717) is 25.7 Å². The molecule has 1 N–H and O–H groups in total. The van der Waals surface area contributed by atoms with Crippen LogP contribution in [0.5, 0.6) is 0 Å². The van der Waals surface area contributed by atoms with Crippen LogP contribution in [-0.4, -0.2) is 43.4 Å². The second kappa shape index (κ2) is 21.3. The molecule has 0 aromatic carbocycles. The highest BCUT2D eigenvalue weighted by molar-refractivity contribution is 7.92. The molecule has 0 rings (SSSR count). The third-order valence-corrected chi connectivity index (χ3v) is 10.2. The maximum Gasteiger partial charge on any atom is 0.534 e. The van der Waals surface area contributed by atoms with Crippen molar-refractivity contribution in [2.45, 2.75) is 148 Å². The number of rotatable bonds is 25. The van der Waals surface area contributed by atoms with Gasteiger partial charge in [-0.25, -0.2) is 17.8 Å². The van der Waals surface area contributed by atoms with Crippen LogP contribution < -0.4 is 0 Å². The number of unbranched alkanes of at least 4 members (excludes halogenated alkanes) is 13. The summed E-state index contributed by atoms with van der Waals surface area (Å²) in [7, 11) is -7.99. The lowest BCUT2D eigenvalue weighted by Crippen LogP contribution is -2.35. The number of carbonyl (C=O) groups is 1. The van der Waals surface area contributed by atoms with Gasteiger partial charge in [0.05, 0.1) is 23.7 Å². The van der Waals surface area contributed by atoms with Crippen LogP contribution in [0, 0.1) is 0 Å². The largest absolute Gasteiger partial charge is 0.534 e. The van der Waals surface area contributed by atoms with Crippen LogP contribution in [0.3, 0.4) is 0 Å². The highest BCUT2D eigenvalue weighted by atomic mass is 32.2. The number of hydrogen-bond acceptors (Lipinski definition) is 7. The normalized spacial score (nSPS) is 15.3. The zero-order chi connectivity index (χ0) is 27.3. The van der Waals surface area contributed by atoms with Crippen molar-refractivity contribution in [3.8, 4) is 0 Å². The molecule has 0 amide bonds. The molecule has 216 valence electrons. The molecule has 0 radical (unpaired) electrons. The molecule has 8 nitrogen and oxygen atoms in total. The molecule has 0 heterocycles. The molecule has 0 saturated carbocycles. The number of hydrogen-bond donors (Lipinski definition) is 1. The second-order valence-electron chi connectivity index (χ2n) is 9.74. The van der Waals surface area contributed by atoms with Crippen molar-refractivity contribution >= 4 is 23.8 Å². The minimum atomic E-state index is -4.44. The summed E-state index contributed by atoms with van der Waals surface area (Å²) in [5.74, 6) is 0.0386. The maximum absolute atomic E-state index is 13.3. The van der Waals surface area contributed by atoms with Gasteiger partial charge in [0.15, 0.2) is 9.84 Å². The summed E-state index contributed by atoms with van der Waals surface area (Å²) in [6.45, 7) is 7.60. The second-order valence-corrected chi connectivity index (χ2v) is 13.6. The zero-order valence-electron chi connectivity index (χ0n) is 23.3. The van der Waals surface area contributed by atoms with Crippen LogP contribution in [0.1, 0.15) is 137 Å². The Morgan fingerprint density at radius 2 is 1.25 bits per heavy atom. The summed E-state index contributed by atoms with van der Waals surface area (Å²) in [6.07, 6.45) is 13.8. The molecule has 0 aliphatic rings. The average molecular weight is 557 g/mol. The number of carboxylic acid groups (broad SMARTS) is 1. The summed E-state index contributed by atoms with van der Waals surface area (Å²) in [5.41, 5.74) is 0. The summed E-state index contributed by atoms with van der Waals surface area (Å²) < 4.78 is 54.4. The fraction of sp³-hybridized carbons (Fsp3) is 0.962. The van der Waals surface area contributed by atoms with E-state index in [0.717, 1.165) is 51.4 Å². The highest BCUT2D eigenvalue weighted by Gasteiger charge is 2.39. The molecule has 0 aromatic rings. The van der Waals surface area contributed by atoms with Crippen LogP contribution in [0.4, 0.5) is 4.79 Å². The third kappa shape index (κ3) is 17.8. The van der Waals surface area contributed by atoms with Crippen molar-refractivity contribution in [2.24, 2.45) is 0 Å². The van der Waals surface area contributed by atoms with E-state index in [1.165, 1.54) is 39.0 Å². The summed E-state index contributed by atoms with van der Waals surface area (Å²) in [6, 6.07) is 0. The Hall–Kier alpha value is -0.630. The zero-order valence-corrected chi connectivity index (χ0v) is 25.0. The van der Waals surface area contributed by atoms with Crippen molar-refractivity contribution in [3.05, 3.63) is 0 Å².